The van der Waals surface area contributed by atoms with E-state index in [0.29, 0.717) is 23.2 Å². The number of aromatic nitrogens is 2. The Morgan fingerprint density at radius 3 is 2.48 bits per heavy atom. The van der Waals surface area contributed by atoms with Crippen LogP contribution in [0.3, 0.4) is 0 Å². The summed E-state index contributed by atoms with van der Waals surface area (Å²) in [6, 6.07) is 21.8. The molecule has 1 aliphatic rings. The first kappa shape index (κ1) is 15.2. The first-order valence-corrected chi connectivity index (χ1v) is 8.28. The Kier molecular flexibility index (Phi) is 4.01. The van der Waals surface area contributed by atoms with Crippen LogP contribution < -0.4 is 10.6 Å². The van der Waals surface area contributed by atoms with Crippen LogP contribution in [-0.2, 0) is 0 Å². The van der Waals surface area contributed by atoms with E-state index in [-0.39, 0.29) is 0 Å². The molecule has 1 aromatic heterocycles. The predicted octanol–water partition coefficient (Wildman–Crippen LogP) is 4.33. The van der Waals surface area contributed by atoms with Crippen LogP contribution >= 0.6 is 0 Å². The molecule has 4 rings (SSSR count). The molecule has 122 valence electrons. The first-order chi connectivity index (χ1) is 12.3. The van der Waals surface area contributed by atoms with E-state index >= 15 is 0 Å². The van der Waals surface area contributed by atoms with Crippen molar-refractivity contribution in [2.24, 2.45) is 0 Å². The predicted molar refractivity (Wildman–Crippen MR) is 98.6 cm³/mol. The summed E-state index contributed by atoms with van der Waals surface area (Å²) in [6.45, 7) is 0. The molecule has 0 bridgehead atoms. The molecule has 2 N–H and O–H groups in total. The summed E-state index contributed by atoms with van der Waals surface area (Å²) in [6.07, 6.45) is 2.36. The van der Waals surface area contributed by atoms with Gasteiger partial charge in [-0.05, 0) is 31.0 Å². The van der Waals surface area contributed by atoms with Crippen LogP contribution in [0.5, 0.6) is 0 Å². The quantitative estimate of drug-likeness (QED) is 0.729. The molecule has 0 saturated heterocycles. The van der Waals surface area contributed by atoms with Crippen LogP contribution in [0.1, 0.15) is 18.4 Å². The lowest BCUT2D eigenvalue weighted by Crippen LogP contribution is -2.06. The van der Waals surface area contributed by atoms with Crippen LogP contribution in [0, 0.1) is 11.3 Å². The average Bonchev–Trinajstić information content (AvgIpc) is 3.46. The highest BCUT2D eigenvalue weighted by Gasteiger charge is 2.22. The number of nitrogens with zero attached hydrogens (tertiary/aromatic N) is 3. The Morgan fingerprint density at radius 2 is 1.72 bits per heavy atom. The minimum atomic E-state index is 0.508. The highest BCUT2D eigenvalue weighted by atomic mass is 15.1. The van der Waals surface area contributed by atoms with Crippen LogP contribution in [0.2, 0.25) is 0 Å². The van der Waals surface area contributed by atoms with Crippen LogP contribution in [0.4, 0.5) is 17.3 Å². The molecular formula is C20H17N5. The molecule has 2 aromatic carbocycles. The molecule has 1 fully saturated rings. The van der Waals surface area contributed by atoms with Crippen LogP contribution in [0.15, 0.2) is 60.7 Å². The van der Waals surface area contributed by atoms with Crippen molar-refractivity contribution in [1.82, 2.24) is 9.97 Å². The first-order valence-electron chi connectivity index (χ1n) is 8.28. The summed E-state index contributed by atoms with van der Waals surface area (Å²) in [5, 5.41) is 15.8. The molecule has 3 aromatic rings. The zero-order valence-corrected chi connectivity index (χ0v) is 13.6. The monoisotopic (exact) mass is 327 g/mol. The van der Waals surface area contributed by atoms with E-state index in [1.54, 1.807) is 12.1 Å². The number of nitriles is 1. The van der Waals surface area contributed by atoms with Gasteiger partial charge in [-0.15, -0.1) is 0 Å². The lowest BCUT2D eigenvalue weighted by molar-refractivity contribution is 1.09. The third kappa shape index (κ3) is 3.75. The molecule has 0 spiro atoms. The minimum Gasteiger partial charge on any atom is -0.367 e. The summed E-state index contributed by atoms with van der Waals surface area (Å²) in [5.41, 5.74) is 2.41. The summed E-state index contributed by atoms with van der Waals surface area (Å²) in [5.74, 6) is 2.19. The average molecular weight is 327 g/mol. The highest BCUT2D eigenvalue weighted by Crippen LogP contribution is 2.27. The molecule has 1 heterocycles. The smallest absolute Gasteiger partial charge is 0.163 e. The van der Waals surface area contributed by atoms with E-state index < -0.39 is 0 Å². The molecule has 5 heteroatoms. The van der Waals surface area contributed by atoms with Gasteiger partial charge in [-0.2, -0.15) is 5.26 Å². The third-order valence-corrected chi connectivity index (χ3v) is 3.95. The van der Waals surface area contributed by atoms with E-state index in [2.05, 4.69) is 26.7 Å². The van der Waals surface area contributed by atoms with Gasteiger partial charge in [0.25, 0.3) is 0 Å². The molecule has 0 radical (unpaired) electrons. The van der Waals surface area contributed by atoms with E-state index in [9.17, 15) is 0 Å². The summed E-state index contributed by atoms with van der Waals surface area (Å²) in [7, 11) is 0. The van der Waals surface area contributed by atoms with Gasteiger partial charge in [-0.1, -0.05) is 36.4 Å². The fourth-order valence-electron chi connectivity index (χ4n) is 2.55. The molecule has 25 heavy (non-hydrogen) atoms. The fourth-order valence-corrected chi connectivity index (χ4v) is 2.55. The number of hydrogen-bond donors (Lipinski definition) is 2. The summed E-state index contributed by atoms with van der Waals surface area (Å²) < 4.78 is 0. The van der Waals surface area contributed by atoms with Gasteiger partial charge in [0.15, 0.2) is 5.82 Å². The Labute approximate surface area is 146 Å². The molecule has 0 amide bonds. The van der Waals surface area contributed by atoms with Crippen molar-refractivity contribution >= 4 is 17.3 Å². The molecule has 1 aliphatic carbocycles. The maximum Gasteiger partial charge on any atom is 0.163 e. The number of benzene rings is 2. The third-order valence-electron chi connectivity index (χ3n) is 3.95. The lowest BCUT2D eigenvalue weighted by Gasteiger charge is -2.11. The van der Waals surface area contributed by atoms with E-state index in [4.69, 9.17) is 5.26 Å². The van der Waals surface area contributed by atoms with Crippen molar-refractivity contribution in [1.29, 1.82) is 5.26 Å². The molecule has 0 aliphatic heterocycles. The van der Waals surface area contributed by atoms with Gasteiger partial charge in [0, 0.05) is 23.4 Å². The lowest BCUT2D eigenvalue weighted by atomic mass is 10.2. The van der Waals surface area contributed by atoms with Crippen molar-refractivity contribution in [2.45, 2.75) is 18.9 Å². The van der Waals surface area contributed by atoms with Crippen molar-refractivity contribution in [2.75, 3.05) is 10.6 Å². The van der Waals surface area contributed by atoms with Gasteiger partial charge in [-0.3, -0.25) is 0 Å². The van der Waals surface area contributed by atoms with Gasteiger partial charge in [0.1, 0.15) is 11.6 Å². The zero-order chi connectivity index (χ0) is 17.1. The van der Waals surface area contributed by atoms with Crippen LogP contribution in [0.25, 0.3) is 11.4 Å². The molecule has 0 atom stereocenters. The minimum absolute atomic E-state index is 0.508. The second kappa shape index (κ2) is 6.62. The van der Waals surface area contributed by atoms with Gasteiger partial charge in [-0.25, -0.2) is 9.97 Å². The number of nitrogens with one attached hydrogen (secondary N) is 2. The van der Waals surface area contributed by atoms with Gasteiger partial charge in [0.2, 0.25) is 0 Å². The topological polar surface area (TPSA) is 73.6 Å². The number of anilines is 3. The van der Waals surface area contributed by atoms with E-state index in [1.165, 1.54) is 12.8 Å². The summed E-state index contributed by atoms with van der Waals surface area (Å²) >= 11 is 0. The van der Waals surface area contributed by atoms with Crippen molar-refractivity contribution in [3.8, 4) is 17.5 Å². The zero-order valence-electron chi connectivity index (χ0n) is 13.6. The fraction of sp³-hybridized carbons (Fsp3) is 0.150. The largest absolute Gasteiger partial charge is 0.367 e. The number of hydrogen-bond acceptors (Lipinski definition) is 5. The summed E-state index contributed by atoms with van der Waals surface area (Å²) in [4.78, 5) is 9.28. The van der Waals surface area contributed by atoms with Gasteiger partial charge < -0.3 is 10.6 Å². The molecule has 0 unspecified atom stereocenters. The highest BCUT2D eigenvalue weighted by molar-refractivity contribution is 5.66. The Morgan fingerprint density at radius 1 is 0.920 bits per heavy atom. The standard InChI is InChI=1S/C20H17N5/c21-13-14-5-4-8-17(11-14)23-19-12-18(22-16-9-10-16)24-20(25-19)15-6-2-1-3-7-15/h1-8,11-12,16H,9-10H2,(H2,22,23,24,25). The van der Waals surface area contributed by atoms with E-state index in [0.717, 1.165) is 17.1 Å². The molecule has 1 saturated carbocycles. The maximum absolute atomic E-state index is 9.06. The molecular weight excluding hydrogens is 310 g/mol. The Balaban J connectivity index is 1.69. The van der Waals surface area contributed by atoms with Gasteiger partial charge in [0.05, 0.1) is 11.6 Å². The van der Waals surface area contributed by atoms with Crippen molar-refractivity contribution in [3.63, 3.8) is 0 Å². The normalized spacial score (nSPS) is 13.1. The van der Waals surface area contributed by atoms with Crippen molar-refractivity contribution in [3.05, 3.63) is 66.2 Å². The van der Waals surface area contributed by atoms with Crippen LogP contribution in [-0.4, -0.2) is 16.0 Å². The van der Waals surface area contributed by atoms with Crippen molar-refractivity contribution < 1.29 is 0 Å². The maximum atomic E-state index is 9.06. The van der Waals surface area contributed by atoms with Gasteiger partial charge >= 0.3 is 0 Å². The second-order valence-corrected chi connectivity index (χ2v) is 6.06. The second-order valence-electron chi connectivity index (χ2n) is 6.06. The Hall–Kier alpha value is -3.39. The SMILES string of the molecule is N#Cc1cccc(Nc2cc(NC3CC3)nc(-c3ccccc3)n2)c1. The Bertz CT molecular complexity index is 926. The molecule has 5 nitrogen and oxygen atoms in total. The van der Waals surface area contributed by atoms with E-state index in [1.807, 2.05) is 48.5 Å². The number of rotatable bonds is 5.